The second-order valence-corrected chi connectivity index (χ2v) is 9.93. The molecule has 184 valence electrons. The van der Waals surface area contributed by atoms with E-state index in [0.29, 0.717) is 24.7 Å². The monoisotopic (exact) mass is 476 g/mol. The number of benzene rings is 2. The lowest BCUT2D eigenvalue weighted by Gasteiger charge is -2.47. The van der Waals surface area contributed by atoms with Crippen LogP contribution < -0.4 is 10.2 Å². The van der Waals surface area contributed by atoms with Crippen molar-refractivity contribution in [2.75, 3.05) is 49.5 Å². The lowest BCUT2D eigenvalue weighted by Crippen LogP contribution is -2.58. The fraction of sp³-hybridized carbons (Fsp3) is 0.444. The predicted molar refractivity (Wildman–Crippen MR) is 133 cm³/mol. The van der Waals surface area contributed by atoms with Gasteiger partial charge in [-0.2, -0.15) is 0 Å². The van der Waals surface area contributed by atoms with E-state index in [1.807, 2.05) is 59.5 Å². The molecule has 1 N–H and O–H groups in total. The maximum absolute atomic E-state index is 13.1. The van der Waals surface area contributed by atoms with Crippen LogP contribution in [0.1, 0.15) is 25.3 Å². The van der Waals surface area contributed by atoms with Gasteiger partial charge in [0.05, 0.1) is 30.1 Å². The van der Waals surface area contributed by atoms with Crippen LogP contribution in [0.5, 0.6) is 0 Å². The molecule has 35 heavy (non-hydrogen) atoms. The lowest BCUT2D eigenvalue weighted by molar-refractivity contribution is -0.174. The third kappa shape index (κ3) is 5.09. The smallest absolute Gasteiger partial charge is 0.248 e. The van der Waals surface area contributed by atoms with Crippen LogP contribution in [0, 0.1) is 5.92 Å². The van der Waals surface area contributed by atoms with Crippen molar-refractivity contribution in [2.24, 2.45) is 5.92 Å². The molecule has 0 aromatic heterocycles. The topological polar surface area (TPSA) is 82.2 Å². The highest BCUT2D eigenvalue weighted by Crippen LogP contribution is 2.35. The summed E-state index contributed by atoms with van der Waals surface area (Å²) in [4.78, 5) is 43.4. The molecule has 5 rings (SSSR count). The molecule has 2 aromatic rings. The Kier molecular flexibility index (Phi) is 6.58. The maximum Gasteiger partial charge on any atom is 0.248 e. The number of morpholine rings is 1. The first-order valence-electron chi connectivity index (χ1n) is 12.3. The number of nitrogens with zero attached hydrogens (tertiary/aromatic N) is 3. The first-order chi connectivity index (χ1) is 16.9. The molecule has 2 aromatic carbocycles. The first-order valence-corrected chi connectivity index (χ1v) is 12.3. The minimum Gasteiger partial charge on any atom is -0.363 e. The molecule has 0 bridgehead atoms. The zero-order chi connectivity index (χ0) is 24.4. The number of para-hydroxylation sites is 2. The van der Waals surface area contributed by atoms with Crippen molar-refractivity contribution in [2.45, 2.75) is 31.9 Å². The molecule has 0 aliphatic carbocycles. The molecule has 0 saturated carbocycles. The van der Waals surface area contributed by atoms with E-state index in [1.165, 1.54) is 0 Å². The van der Waals surface area contributed by atoms with Gasteiger partial charge in [-0.05, 0) is 56.5 Å². The molecule has 2 saturated heterocycles. The summed E-state index contributed by atoms with van der Waals surface area (Å²) in [5, 5.41) is 2.83. The Bertz CT molecular complexity index is 1100. The van der Waals surface area contributed by atoms with E-state index >= 15 is 0 Å². The van der Waals surface area contributed by atoms with Crippen LogP contribution in [-0.2, 0) is 25.7 Å². The molecule has 3 heterocycles. The molecule has 8 heteroatoms. The summed E-state index contributed by atoms with van der Waals surface area (Å²) in [6, 6.07) is 17.4. The van der Waals surface area contributed by atoms with Crippen LogP contribution in [0.15, 0.2) is 54.6 Å². The maximum atomic E-state index is 13.1. The van der Waals surface area contributed by atoms with E-state index in [2.05, 4.69) is 17.1 Å². The van der Waals surface area contributed by atoms with Crippen molar-refractivity contribution in [3.05, 3.63) is 60.2 Å². The Morgan fingerprint density at radius 3 is 2.54 bits per heavy atom. The van der Waals surface area contributed by atoms with Gasteiger partial charge in [0, 0.05) is 6.54 Å². The summed E-state index contributed by atoms with van der Waals surface area (Å²) in [6.07, 6.45) is 1.79. The minimum absolute atomic E-state index is 0.0280. The van der Waals surface area contributed by atoms with Gasteiger partial charge in [0.25, 0.3) is 0 Å². The summed E-state index contributed by atoms with van der Waals surface area (Å²) in [5.41, 5.74) is 2.14. The number of anilines is 2. The van der Waals surface area contributed by atoms with Gasteiger partial charge in [-0.25, -0.2) is 0 Å². The van der Waals surface area contributed by atoms with Crippen LogP contribution in [0.4, 0.5) is 11.4 Å². The number of likely N-dealkylation sites (tertiary alicyclic amines) is 1. The summed E-state index contributed by atoms with van der Waals surface area (Å²) in [7, 11) is 0. The van der Waals surface area contributed by atoms with Gasteiger partial charge >= 0.3 is 0 Å². The van der Waals surface area contributed by atoms with Gasteiger partial charge < -0.3 is 15.0 Å². The fourth-order valence-corrected chi connectivity index (χ4v) is 5.46. The second kappa shape index (κ2) is 9.79. The Morgan fingerprint density at radius 2 is 1.77 bits per heavy atom. The van der Waals surface area contributed by atoms with E-state index in [-0.39, 0.29) is 37.4 Å². The van der Waals surface area contributed by atoms with Crippen LogP contribution in [0.2, 0.25) is 0 Å². The molecule has 3 aliphatic rings. The van der Waals surface area contributed by atoms with Crippen LogP contribution >= 0.6 is 0 Å². The highest BCUT2D eigenvalue weighted by molar-refractivity contribution is 6.10. The lowest BCUT2D eigenvalue weighted by atomic mass is 9.80. The molecule has 8 nitrogen and oxygen atoms in total. The van der Waals surface area contributed by atoms with Crippen LogP contribution in [0.25, 0.3) is 0 Å². The molecule has 3 amide bonds. The van der Waals surface area contributed by atoms with E-state index in [1.54, 1.807) is 4.90 Å². The normalized spacial score (nSPS) is 23.7. The third-order valence-electron chi connectivity index (χ3n) is 7.48. The van der Waals surface area contributed by atoms with Gasteiger partial charge in [0.1, 0.15) is 13.2 Å². The van der Waals surface area contributed by atoms with Crippen molar-refractivity contribution in [1.82, 2.24) is 9.80 Å². The number of nitrogens with one attached hydrogen (secondary N) is 1. The number of amides is 3. The number of rotatable bonds is 5. The number of carbonyl (C=O) groups is 3. The SMILES string of the molecule is CC1(C2CCN(CC(=O)N3CC(=O)Nc4ccccc43)CC2)CN(Cc2ccccc2)C(=O)CO1. The van der Waals surface area contributed by atoms with E-state index in [9.17, 15) is 14.4 Å². The van der Waals surface area contributed by atoms with Gasteiger partial charge in [0.15, 0.2) is 0 Å². The summed E-state index contributed by atoms with van der Waals surface area (Å²) < 4.78 is 6.12. The zero-order valence-corrected chi connectivity index (χ0v) is 20.1. The van der Waals surface area contributed by atoms with Crippen molar-refractivity contribution in [3.8, 4) is 0 Å². The summed E-state index contributed by atoms with van der Waals surface area (Å²) >= 11 is 0. The molecule has 1 atom stereocenters. The Labute approximate surface area is 205 Å². The van der Waals surface area contributed by atoms with Crippen molar-refractivity contribution >= 4 is 29.1 Å². The molecular formula is C27H32N4O4. The van der Waals surface area contributed by atoms with Gasteiger partial charge in [-0.1, -0.05) is 42.5 Å². The van der Waals surface area contributed by atoms with Crippen molar-refractivity contribution < 1.29 is 19.1 Å². The second-order valence-electron chi connectivity index (χ2n) is 9.93. The predicted octanol–water partition coefficient (Wildman–Crippen LogP) is 2.50. The standard InChI is InChI=1S/C27H32N4O4/c1-27(19-30(26(34)18-35-27)15-20-7-3-2-4-8-20)21-11-13-29(14-12-21)17-25(33)31-16-24(32)28-22-9-5-6-10-23(22)31/h2-10,21H,11-19H2,1H3,(H,28,32). The average Bonchev–Trinajstić information content (AvgIpc) is 2.87. The third-order valence-corrected chi connectivity index (χ3v) is 7.48. The molecule has 2 fully saturated rings. The van der Waals surface area contributed by atoms with Gasteiger partial charge in [-0.15, -0.1) is 0 Å². The molecule has 0 radical (unpaired) electrons. The van der Waals surface area contributed by atoms with Gasteiger partial charge in [0.2, 0.25) is 17.7 Å². The van der Waals surface area contributed by atoms with Crippen LogP contribution in [-0.4, -0.2) is 72.5 Å². The highest BCUT2D eigenvalue weighted by atomic mass is 16.5. The van der Waals surface area contributed by atoms with Crippen LogP contribution in [0.3, 0.4) is 0 Å². The zero-order valence-electron chi connectivity index (χ0n) is 20.1. The number of carbonyl (C=O) groups excluding carboxylic acids is 3. The fourth-order valence-electron chi connectivity index (χ4n) is 5.46. The van der Waals surface area contributed by atoms with Crippen molar-refractivity contribution in [1.29, 1.82) is 0 Å². The number of fused-ring (bicyclic) bond motifs is 1. The first kappa shape index (κ1) is 23.5. The van der Waals surface area contributed by atoms with Gasteiger partial charge in [-0.3, -0.25) is 24.2 Å². The Balaban J connectivity index is 1.18. The minimum atomic E-state index is -0.400. The number of piperidine rings is 1. The van der Waals surface area contributed by atoms with E-state index < -0.39 is 5.60 Å². The summed E-state index contributed by atoms with van der Waals surface area (Å²) in [6.45, 7) is 5.28. The summed E-state index contributed by atoms with van der Waals surface area (Å²) in [5.74, 6) is 0.0974. The van der Waals surface area contributed by atoms with E-state index in [0.717, 1.165) is 37.2 Å². The Morgan fingerprint density at radius 1 is 1.06 bits per heavy atom. The van der Waals surface area contributed by atoms with E-state index in [4.69, 9.17) is 4.74 Å². The average molecular weight is 477 g/mol. The van der Waals surface area contributed by atoms with Crippen molar-refractivity contribution in [3.63, 3.8) is 0 Å². The quantitative estimate of drug-likeness (QED) is 0.717. The molecular weight excluding hydrogens is 444 g/mol. The highest BCUT2D eigenvalue weighted by Gasteiger charge is 2.43. The molecule has 1 unspecified atom stereocenters. The molecule has 0 spiro atoms. The largest absolute Gasteiger partial charge is 0.363 e. The number of ether oxygens (including phenoxy) is 1. The molecule has 3 aliphatic heterocycles. The number of hydrogen-bond donors (Lipinski definition) is 1. The Hall–Kier alpha value is -3.23. The number of hydrogen-bond acceptors (Lipinski definition) is 5.